The van der Waals surface area contributed by atoms with Crippen LogP contribution in [0.1, 0.15) is 0 Å². The number of rotatable bonds is 6. The monoisotopic (exact) mass is 283 g/mol. The van der Waals surface area contributed by atoms with Crippen molar-refractivity contribution in [1.82, 2.24) is 4.90 Å². The van der Waals surface area contributed by atoms with Crippen LogP contribution in [0.25, 0.3) is 0 Å². The molecule has 1 unspecified atom stereocenters. The first-order chi connectivity index (χ1) is 6.49. The van der Waals surface area contributed by atoms with Crippen LogP contribution in [0, 0.1) is 0 Å². The van der Waals surface area contributed by atoms with Crippen LogP contribution >= 0.6 is 23.2 Å². The van der Waals surface area contributed by atoms with Crippen LogP contribution in [0.15, 0.2) is 0 Å². The van der Waals surface area contributed by atoms with Crippen LogP contribution in [0.3, 0.4) is 0 Å². The molecular weight excluding hydrogens is 271 g/mol. The lowest BCUT2D eigenvalue weighted by atomic mass is 11.0. The molecule has 0 aliphatic rings. The molecule has 5 N–H and O–H groups in total. The summed E-state index contributed by atoms with van der Waals surface area (Å²) in [6.07, 6.45) is -2.59. The maximum atomic E-state index is 10.5. The molecule has 9 nitrogen and oxygen atoms in total. The van der Waals surface area contributed by atoms with Gasteiger partial charge in [0, 0.05) is 0 Å². The molecule has 0 aromatic heterocycles. The van der Waals surface area contributed by atoms with Gasteiger partial charge in [0.25, 0.3) is 0 Å². The van der Waals surface area contributed by atoms with Gasteiger partial charge < -0.3 is 24.5 Å². The average Bonchev–Trinajstić information content (AvgIpc) is 1.73. The van der Waals surface area contributed by atoms with Crippen LogP contribution in [0.5, 0.6) is 0 Å². The predicted molar refractivity (Wildman–Crippen MR) is 51.7 cm³/mol. The van der Waals surface area contributed by atoms with E-state index in [1.807, 2.05) is 0 Å². The standard InChI is InChI=1S/C3H12NO8P3/c5-13(6)1-4(2-14(7,8)9)3-15(10,11)12/h13H,1-3H2,(H,5,6)(H2,7,8,9)(H2,10,11,12). The van der Waals surface area contributed by atoms with Crippen molar-refractivity contribution in [2.75, 3.05) is 18.9 Å². The minimum Gasteiger partial charge on any atom is -0.345 e. The normalized spacial score (nSPS) is 15.6. The summed E-state index contributed by atoms with van der Waals surface area (Å²) in [5, 5.41) is 0. The summed E-state index contributed by atoms with van der Waals surface area (Å²) < 4.78 is 31.5. The Hall–Kier alpha value is 0.450. The van der Waals surface area contributed by atoms with Crippen LogP contribution in [0.2, 0.25) is 0 Å². The smallest absolute Gasteiger partial charge is 0.339 e. The van der Waals surface area contributed by atoms with E-state index in [0.717, 1.165) is 0 Å². The van der Waals surface area contributed by atoms with Crippen molar-refractivity contribution >= 4 is 23.2 Å². The highest BCUT2D eigenvalue weighted by molar-refractivity contribution is 7.52. The van der Waals surface area contributed by atoms with Crippen molar-refractivity contribution < 1.29 is 38.2 Å². The Bertz CT molecular complexity index is 293. The van der Waals surface area contributed by atoms with Crippen molar-refractivity contribution in [2.24, 2.45) is 0 Å². The van der Waals surface area contributed by atoms with Gasteiger partial charge in [0.15, 0.2) is 0 Å². The molecule has 1 atom stereocenters. The molecule has 12 heteroatoms. The Labute approximate surface area is 85.9 Å². The van der Waals surface area contributed by atoms with E-state index < -0.39 is 42.1 Å². The quantitative estimate of drug-likeness (QED) is 0.385. The number of nitrogens with zero attached hydrogens (tertiary/aromatic N) is 1. The molecule has 92 valence electrons. The Morgan fingerprint density at radius 1 is 1.00 bits per heavy atom. The molecule has 0 fully saturated rings. The number of hydrogen-bond donors (Lipinski definition) is 5. The second-order valence-electron chi connectivity index (χ2n) is 2.83. The van der Waals surface area contributed by atoms with Crippen molar-refractivity contribution in [3.8, 4) is 0 Å². The summed E-state index contributed by atoms with van der Waals surface area (Å²) in [5.74, 6) is 0. The second-order valence-corrected chi connectivity index (χ2v) is 7.16. The van der Waals surface area contributed by atoms with Gasteiger partial charge in [-0.1, -0.05) is 0 Å². The zero-order valence-electron chi connectivity index (χ0n) is 7.42. The largest absolute Gasteiger partial charge is 0.345 e. The molecule has 0 amide bonds. The van der Waals surface area contributed by atoms with Crippen molar-refractivity contribution in [3.63, 3.8) is 0 Å². The summed E-state index contributed by atoms with van der Waals surface area (Å²) in [6.45, 7) is 0. The minimum atomic E-state index is -4.52. The fourth-order valence-corrected chi connectivity index (χ4v) is 3.44. The van der Waals surface area contributed by atoms with Gasteiger partial charge in [0.2, 0.25) is 8.03 Å². The van der Waals surface area contributed by atoms with E-state index in [9.17, 15) is 13.7 Å². The molecule has 0 spiro atoms. The highest BCUT2D eigenvalue weighted by atomic mass is 31.2. The van der Waals surface area contributed by atoms with Gasteiger partial charge in [0.1, 0.15) is 12.6 Å². The molecular formula is C3H12NO8P3. The highest BCUT2D eigenvalue weighted by Crippen LogP contribution is 2.41. The molecule has 0 aliphatic heterocycles. The van der Waals surface area contributed by atoms with E-state index in [0.29, 0.717) is 4.90 Å². The lowest BCUT2D eigenvalue weighted by Gasteiger charge is -2.21. The van der Waals surface area contributed by atoms with E-state index in [2.05, 4.69) is 0 Å². The third-order valence-electron chi connectivity index (χ3n) is 1.13. The summed E-state index contributed by atoms with van der Waals surface area (Å²) in [6, 6.07) is 0. The lowest BCUT2D eigenvalue weighted by Crippen LogP contribution is -2.25. The second kappa shape index (κ2) is 5.68. The first kappa shape index (κ1) is 15.4. The summed E-state index contributed by atoms with van der Waals surface area (Å²) >= 11 is 0. The van der Waals surface area contributed by atoms with Gasteiger partial charge in [0.05, 0.1) is 6.29 Å². The first-order valence-corrected chi connectivity index (χ1v) is 8.69. The van der Waals surface area contributed by atoms with Crippen LogP contribution in [0.4, 0.5) is 0 Å². The van der Waals surface area contributed by atoms with Crippen molar-refractivity contribution in [1.29, 1.82) is 0 Å². The zero-order valence-corrected chi connectivity index (χ0v) is 10.2. The van der Waals surface area contributed by atoms with Crippen LogP contribution in [-0.2, 0) is 13.7 Å². The summed E-state index contributed by atoms with van der Waals surface area (Å²) in [5.41, 5.74) is 0. The summed E-state index contributed by atoms with van der Waals surface area (Å²) in [7, 11) is -12.1. The molecule has 0 saturated heterocycles. The maximum Gasteiger partial charge on any atom is 0.339 e. The third kappa shape index (κ3) is 10.7. The van der Waals surface area contributed by atoms with E-state index >= 15 is 0 Å². The van der Waals surface area contributed by atoms with Gasteiger partial charge in [-0.25, -0.2) is 0 Å². The highest BCUT2D eigenvalue weighted by Gasteiger charge is 2.26. The van der Waals surface area contributed by atoms with E-state index in [-0.39, 0.29) is 0 Å². The van der Waals surface area contributed by atoms with E-state index in [1.54, 1.807) is 0 Å². The average molecular weight is 283 g/mol. The Balaban J connectivity index is 4.53. The SMILES string of the molecule is O=[PH](O)CN(CP(=O)(O)O)CP(=O)(O)O. The zero-order chi connectivity index (χ0) is 12.3. The van der Waals surface area contributed by atoms with E-state index in [4.69, 9.17) is 24.5 Å². The van der Waals surface area contributed by atoms with Gasteiger partial charge in [-0.15, -0.1) is 0 Å². The Morgan fingerprint density at radius 3 is 1.53 bits per heavy atom. The fraction of sp³-hybridized carbons (Fsp3) is 1.00. The topological polar surface area (TPSA) is 156 Å². The molecule has 0 rings (SSSR count). The maximum absolute atomic E-state index is 10.5. The van der Waals surface area contributed by atoms with Gasteiger partial charge in [-0.2, -0.15) is 0 Å². The first-order valence-electron chi connectivity index (χ1n) is 3.53. The lowest BCUT2D eigenvalue weighted by molar-refractivity contribution is 0.295. The molecule has 0 heterocycles. The van der Waals surface area contributed by atoms with Crippen LogP contribution in [-0.4, -0.2) is 48.2 Å². The fourth-order valence-electron chi connectivity index (χ4n) is 0.857. The molecule has 0 aromatic carbocycles. The molecule has 0 bridgehead atoms. The molecule has 0 saturated carbocycles. The van der Waals surface area contributed by atoms with Crippen molar-refractivity contribution in [3.05, 3.63) is 0 Å². The third-order valence-corrected chi connectivity index (χ3v) is 3.38. The molecule has 0 aliphatic carbocycles. The predicted octanol–water partition coefficient (Wildman–Crippen LogP) is -1.02. The number of hydrogen-bond acceptors (Lipinski definition) is 4. The van der Waals surface area contributed by atoms with Gasteiger partial charge >= 0.3 is 15.2 Å². The molecule has 0 aromatic rings. The van der Waals surface area contributed by atoms with Gasteiger partial charge in [-0.3, -0.25) is 18.6 Å². The van der Waals surface area contributed by atoms with Gasteiger partial charge in [-0.05, 0) is 0 Å². The van der Waals surface area contributed by atoms with Crippen LogP contribution < -0.4 is 0 Å². The molecule has 15 heavy (non-hydrogen) atoms. The minimum absolute atomic E-state index is 0.572. The van der Waals surface area contributed by atoms with E-state index in [1.165, 1.54) is 0 Å². The Morgan fingerprint density at radius 2 is 1.33 bits per heavy atom. The summed E-state index contributed by atoms with van der Waals surface area (Å²) in [4.78, 5) is 43.3. The van der Waals surface area contributed by atoms with Crippen molar-refractivity contribution in [2.45, 2.75) is 0 Å². The molecule has 0 radical (unpaired) electrons. The Kier molecular flexibility index (Phi) is 5.85.